The maximum Gasteiger partial charge on any atom is 0.261 e. The van der Waals surface area contributed by atoms with E-state index in [9.17, 15) is 19.2 Å². The summed E-state index contributed by atoms with van der Waals surface area (Å²) in [6, 6.07) is 9.83. The molecule has 6 heteroatoms. The van der Waals surface area contributed by atoms with Gasteiger partial charge in [0.05, 0.1) is 17.7 Å². The van der Waals surface area contributed by atoms with Crippen molar-refractivity contribution in [1.29, 1.82) is 0 Å². The Hall–Kier alpha value is -2.31. The Kier molecular flexibility index (Phi) is 3.64. The highest BCUT2D eigenvalue weighted by Crippen LogP contribution is 2.31. The van der Waals surface area contributed by atoms with Crippen molar-refractivity contribution in [3.63, 3.8) is 0 Å². The summed E-state index contributed by atoms with van der Waals surface area (Å²) in [5.41, 5.74) is 1.74. The number of aromatic hydroxyl groups is 1. The minimum absolute atomic E-state index is 0.0226. The van der Waals surface area contributed by atoms with Gasteiger partial charge in [0.15, 0.2) is 0 Å². The average Bonchev–Trinajstić information content (AvgIpc) is 2.77. The fourth-order valence-electron chi connectivity index (χ4n) is 2.54. The zero-order valence-electron chi connectivity index (χ0n) is 11.7. The van der Waals surface area contributed by atoms with Gasteiger partial charge in [0.2, 0.25) is 0 Å². The van der Waals surface area contributed by atoms with Crippen LogP contribution in [-0.4, -0.2) is 26.4 Å². The molecular weight excluding hydrogens is 302 g/mol. The van der Waals surface area contributed by atoms with Crippen LogP contribution >= 0.6 is 12.0 Å². The maximum atomic E-state index is 12.3. The molecule has 1 aliphatic rings. The van der Waals surface area contributed by atoms with Crippen molar-refractivity contribution in [2.45, 2.75) is 18.4 Å². The van der Waals surface area contributed by atoms with Crippen LogP contribution < -0.4 is 0 Å². The fourth-order valence-corrected chi connectivity index (χ4v) is 2.97. The van der Waals surface area contributed by atoms with Gasteiger partial charge in [0.25, 0.3) is 11.8 Å². The molecule has 0 bridgehead atoms. The first-order valence-corrected chi connectivity index (χ1v) is 7.39. The number of phenols is 1. The molecule has 5 nitrogen and oxygen atoms in total. The van der Waals surface area contributed by atoms with Crippen LogP contribution in [0, 0.1) is 6.92 Å². The van der Waals surface area contributed by atoms with Crippen molar-refractivity contribution in [1.82, 2.24) is 4.90 Å². The largest absolute Gasteiger partial charge is 0.507 e. The Morgan fingerprint density at radius 3 is 2.23 bits per heavy atom. The summed E-state index contributed by atoms with van der Waals surface area (Å²) in [7, 11) is 0. The number of imide groups is 1. The number of carbonyl (C=O) groups excluding carboxylic acids is 2. The van der Waals surface area contributed by atoms with Gasteiger partial charge in [-0.1, -0.05) is 12.1 Å². The van der Waals surface area contributed by atoms with E-state index in [1.54, 1.807) is 43.3 Å². The molecule has 3 rings (SSSR count). The van der Waals surface area contributed by atoms with E-state index in [1.165, 1.54) is 0 Å². The minimum atomic E-state index is -0.375. The van der Waals surface area contributed by atoms with Crippen LogP contribution in [0.3, 0.4) is 0 Å². The van der Waals surface area contributed by atoms with E-state index < -0.39 is 0 Å². The van der Waals surface area contributed by atoms with E-state index in [-0.39, 0.29) is 24.1 Å². The third-order valence-electron chi connectivity index (χ3n) is 3.66. The van der Waals surface area contributed by atoms with E-state index >= 15 is 0 Å². The maximum absolute atomic E-state index is 12.3. The summed E-state index contributed by atoms with van der Waals surface area (Å²) in [5.74, 6) is -0.728. The van der Waals surface area contributed by atoms with Gasteiger partial charge < -0.3 is 9.66 Å². The highest BCUT2D eigenvalue weighted by Gasteiger charge is 2.35. The highest BCUT2D eigenvalue weighted by atomic mass is 32.2. The molecule has 0 fully saturated rings. The van der Waals surface area contributed by atoms with Crippen LogP contribution in [0.5, 0.6) is 5.75 Å². The van der Waals surface area contributed by atoms with Crippen molar-refractivity contribution in [2.75, 3.05) is 0 Å². The van der Waals surface area contributed by atoms with Crippen molar-refractivity contribution < 1.29 is 19.2 Å². The second-order valence-electron chi connectivity index (χ2n) is 5.08. The predicted octanol–water partition coefficient (Wildman–Crippen LogP) is 3.06. The molecule has 1 heterocycles. The number of amides is 2. The number of hydrogen-bond acceptors (Lipinski definition) is 5. The number of aryl methyl sites for hydroxylation is 1. The molecule has 0 atom stereocenters. The number of rotatable bonds is 3. The first-order valence-electron chi connectivity index (χ1n) is 6.62. The Balaban J connectivity index is 1.97. The third kappa shape index (κ3) is 2.26. The highest BCUT2D eigenvalue weighted by molar-refractivity contribution is 7.93. The first kappa shape index (κ1) is 14.6. The minimum Gasteiger partial charge on any atom is -0.507 e. The summed E-state index contributed by atoms with van der Waals surface area (Å²) >= 11 is 0.553. The van der Waals surface area contributed by atoms with Gasteiger partial charge in [-0.15, -0.1) is 0 Å². The van der Waals surface area contributed by atoms with Crippen LogP contribution in [0.1, 0.15) is 31.8 Å². The second-order valence-corrected chi connectivity index (χ2v) is 5.74. The molecule has 0 saturated heterocycles. The lowest BCUT2D eigenvalue weighted by Gasteiger charge is -2.16. The molecular formula is C16H13NO4S. The molecule has 0 spiro atoms. The van der Waals surface area contributed by atoms with E-state index in [1.807, 2.05) is 0 Å². The normalized spacial score (nSPS) is 13.6. The topological polar surface area (TPSA) is 77.8 Å². The molecule has 112 valence electrons. The number of carbonyl (C=O) groups is 2. The first-order chi connectivity index (χ1) is 10.5. The Morgan fingerprint density at radius 2 is 1.68 bits per heavy atom. The lowest BCUT2D eigenvalue weighted by atomic mass is 10.1. The SMILES string of the molecule is Cc1cc(SO)cc(CN2C(=O)c3ccccc3C2=O)c1O. The molecule has 2 N–H and O–H groups in total. The number of hydrogen-bond donors (Lipinski definition) is 2. The van der Waals surface area contributed by atoms with Crippen LogP contribution in [0.2, 0.25) is 0 Å². The molecule has 1 aliphatic heterocycles. The number of benzene rings is 2. The molecule has 2 aromatic carbocycles. The molecule has 0 unspecified atom stereocenters. The zero-order valence-corrected chi connectivity index (χ0v) is 12.6. The average molecular weight is 315 g/mol. The molecule has 0 saturated carbocycles. The van der Waals surface area contributed by atoms with E-state index in [0.29, 0.717) is 39.2 Å². The zero-order chi connectivity index (χ0) is 15.9. The van der Waals surface area contributed by atoms with Crippen molar-refractivity contribution in [3.8, 4) is 5.75 Å². The van der Waals surface area contributed by atoms with Crippen LogP contribution in [0.4, 0.5) is 0 Å². The smallest absolute Gasteiger partial charge is 0.261 e. The summed E-state index contributed by atoms with van der Waals surface area (Å²) in [6.07, 6.45) is 0. The van der Waals surface area contributed by atoms with Gasteiger partial charge in [-0.2, -0.15) is 0 Å². The fraction of sp³-hybridized carbons (Fsp3) is 0.125. The summed E-state index contributed by atoms with van der Waals surface area (Å²) in [5, 5.41) is 10.1. The van der Waals surface area contributed by atoms with Crippen LogP contribution in [0.25, 0.3) is 0 Å². The predicted molar refractivity (Wildman–Crippen MR) is 82.0 cm³/mol. The monoisotopic (exact) mass is 315 g/mol. The Labute approximate surface area is 131 Å². The van der Waals surface area contributed by atoms with E-state index in [0.717, 1.165) is 4.90 Å². The molecule has 22 heavy (non-hydrogen) atoms. The van der Waals surface area contributed by atoms with Crippen LogP contribution in [-0.2, 0) is 6.54 Å². The van der Waals surface area contributed by atoms with Gasteiger partial charge in [-0.3, -0.25) is 14.5 Å². The molecule has 0 aliphatic carbocycles. The van der Waals surface area contributed by atoms with E-state index in [2.05, 4.69) is 0 Å². The number of fused-ring (bicyclic) bond motifs is 1. The van der Waals surface area contributed by atoms with Crippen molar-refractivity contribution in [3.05, 3.63) is 58.7 Å². The van der Waals surface area contributed by atoms with Gasteiger partial charge in [-0.25, -0.2) is 0 Å². The lowest BCUT2D eigenvalue weighted by molar-refractivity contribution is 0.0641. The van der Waals surface area contributed by atoms with Gasteiger partial charge in [0, 0.05) is 22.5 Å². The van der Waals surface area contributed by atoms with Crippen molar-refractivity contribution >= 4 is 23.9 Å². The van der Waals surface area contributed by atoms with Gasteiger partial charge in [0.1, 0.15) is 5.75 Å². The number of phenolic OH excluding ortho intramolecular Hbond substituents is 1. The summed E-state index contributed by atoms with van der Waals surface area (Å²) < 4.78 is 9.17. The Bertz CT molecular complexity index is 753. The Morgan fingerprint density at radius 1 is 1.09 bits per heavy atom. The lowest BCUT2D eigenvalue weighted by Crippen LogP contribution is -2.29. The van der Waals surface area contributed by atoms with Crippen molar-refractivity contribution in [2.24, 2.45) is 0 Å². The molecule has 2 aromatic rings. The third-order valence-corrected chi connectivity index (χ3v) is 4.11. The summed E-state index contributed by atoms with van der Waals surface area (Å²) in [6.45, 7) is 1.66. The molecule has 0 aromatic heterocycles. The molecule has 0 radical (unpaired) electrons. The molecule has 2 amide bonds. The second kappa shape index (κ2) is 5.47. The summed E-state index contributed by atoms with van der Waals surface area (Å²) in [4.78, 5) is 26.3. The van der Waals surface area contributed by atoms with Crippen LogP contribution in [0.15, 0.2) is 41.3 Å². The van der Waals surface area contributed by atoms with E-state index in [4.69, 9.17) is 0 Å². The van der Waals surface area contributed by atoms with Gasteiger partial charge >= 0.3 is 0 Å². The quantitative estimate of drug-likeness (QED) is 0.672. The van der Waals surface area contributed by atoms with Gasteiger partial charge in [-0.05, 0) is 36.8 Å². The number of nitrogens with zero attached hydrogens (tertiary/aromatic N) is 1. The standard InChI is InChI=1S/C16H13NO4S/c1-9-6-11(22-21)7-10(14(9)18)8-17-15(19)12-4-2-3-5-13(12)16(17)20/h2-7,18,21H,8H2,1H3.